The first-order chi connectivity index (χ1) is 15.4. The summed E-state index contributed by atoms with van der Waals surface area (Å²) in [6.07, 6.45) is 9.29. The molecular weight excluding hydrogens is 380 g/mol. The van der Waals surface area contributed by atoms with Gasteiger partial charge < -0.3 is 4.98 Å². The van der Waals surface area contributed by atoms with E-state index in [2.05, 4.69) is 75.6 Å². The summed E-state index contributed by atoms with van der Waals surface area (Å²) in [5.74, 6) is 0. The van der Waals surface area contributed by atoms with E-state index in [1.54, 1.807) is 12.4 Å². The molecule has 0 bridgehead atoms. The molecule has 4 nitrogen and oxygen atoms in total. The minimum absolute atomic E-state index is 0.923. The molecule has 1 N–H and O–H groups in total. The Bertz CT molecular complexity index is 1460. The fourth-order valence-corrected chi connectivity index (χ4v) is 4.30. The summed E-state index contributed by atoms with van der Waals surface area (Å²) < 4.78 is 0. The predicted molar refractivity (Wildman–Crippen MR) is 125 cm³/mol. The van der Waals surface area contributed by atoms with E-state index in [4.69, 9.17) is 4.98 Å². The quantitative estimate of drug-likeness (QED) is 0.370. The average Bonchev–Trinajstić information content (AvgIpc) is 3.24. The van der Waals surface area contributed by atoms with E-state index < -0.39 is 0 Å². The van der Waals surface area contributed by atoms with Crippen molar-refractivity contribution in [3.05, 3.63) is 104 Å². The fraction of sp³-hybridized carbons (Fsp3) is 0. The molecule has 0 atom stereocenters. The number of para-hydroxylation sites is 1. The largest absolute Gasteiger partial charge is 0.353 e. The van der Waals surface area contributed by atoms with Gasteiger partial charge in [0.15, 0.2) is 0 Å². The van der Waals surface area contributed by atoms with E-state index in [-0.39, 0.29) is 0 Å². The van der Waals surface area contributed by atoms with Crippen LogP contribution in [-0.4, -0.2) is 19.9 Å². The molecule has 31 heavy (non-hydrogen) atoms. The highest BCUT2D eigenvalue weighted by molar-refractivity contribution is 6.13. The second-order valence-corrected chi connectivity index (χ2v) is 7.46. The predicted octanol–water partition coefficient (Wildman–Crippen LogP) is 6.51. The summed E-state index contributed by atoms with van der Waals surface area (Å²) >= 11 is 0. The van der Waals surface area contributed by atoms with Gasteiger partial charge >= 0.3 is 0 Å². The lowest BCUT2D eigenvalue weighted by atomic mass is 9.90. The van der Waals surface area contributed by atoms with Crippen LogP contribution < -0.4 is 0 Å². The zero-order valence-corrected chi connectivity index (χ0v) is 16.7. The van der Waals surface area contributed by atoms with E-state index in [1.807, 2.05) is 30.7 Å². The average molecular weight is 398 g/mol. The molecule has 146 valence electrons. The fourth-order valence-electron chi connectivity index (χ4n) is 4.30. The van der Waals surface area contributed by atoms with Crippen molar-refractivity contribution in [2.24, 2.45) is 0 Å². The highest BCUT2D eigenvalue weighted by Crippen LogP contribution is 2.42. The summed E-state index contributed by atoms with van der Waals surface area (Å²) in [4.78, 5) is 17.2. The topological polar surface area (TPSA) is 54.5 Å². The molecule has 2 aromatic carbocycles. The Kier molecular flexibility index (Phi) is 4.06. The molecule has 0 saturated carbocycles. The SMILES string of the molecule is c1cncc(-c2cccc(-c3cccnc3)c2-c2nccc3c2[nH]c2ccccc23)c1. The van der Waals surface area contributed by atoms with Crippen LogP contribution in [0.5, 0.6) is 0 Å². The van der Waals surface area contributed by atoms with Gasteiger partial charge in [0.05, 0.1) is 11.2 Å². The number of aromatic nitrogens is 4. The maximum absolute atomic E-state index is 4.87. The van der Waals surface area contributed by atoms with Crippen molar-refractivity contribution in [1.29, 1.82) is 0 Å². The third kappa shape index (κ3) is 2.89. The molecule has 4 aromatic heterocycles. The van der Waals surface area contributed by atoms with E-state index in [0.717, 1.165) is 44.5 Å². The van der Waals surface area contributed by atoms with Crippen molar-refractivity contribution in [2.45, 2.75) is 0 Å². The molecule has 0 unspecified atom stereocenters. The highest BCUT2D eigenvalue weighted by Gasteiger charge is 2.19. The molecule has 0 aliphatic heterocycles. The number of aromatic amines is 1. The van der Waals surface area contributed by atoms with Crippen molar-refractivity contribution in [2.75, 3.05) is 0 Å². The Morgan fingerprint density at radius 3 is 1.97 bits per heavy atom. The van der Waals surface area contributed by atoms with Crippen LogP contribution in [0.4, 0.5) is 0 Å². The Morgan fingerprint density at radius 2 is 1.29 bits per heavy atom. The Morgan fingerprint density at radius 1 is 0.581 bits per heavy atom. The molecule has 6 aromatic rings. The summed E-state index contributed by atoms with van der Waals surface area (Å²) in [5, 5.41) is 2.36. The van der Waals surface area contributed by atoms with Crippen LogP contribution in [0.25, 0.3) is 55.3 Å². The van der Waals surface area contributed by atoms with E-state index in [9.17, 15) is 0 Å². The van der Waals surface area contributed by atoms with Crippen molar-refractivity contribution < 1.29 is 0 Å². The van der Waals surface area contributed by atoms with Crippen LogP contribution in [0.2, 0.25) is 0 Å². The third-order valence-electron chi connectivity index (χ3n) is 5.67. The molecule has 0 radical (unpaired) electrons. The van der Waals surface area contributed by atoms with Gasteiger partial charge in [-0.05, 0) is 35.4 Å². The van der Waals surface area contributed by atoms with Crippen LogP contribution in [0, 0.1) is 0 Å². The van der Waals surface area contributed by atoms with E-state index in [0.29, 0.717) is 0 Å². The lowest BCUT2D eigenvalue weighted by molar-refractivity contribution is 1.31. The van der Waals surface area contributed by atoms with Crippen LogP contribution in [0.15, 0.2) is 104 Å². The third-order valence-corrected chi connectivity index (χ3v) is 5.67. The molecule has 0 amide bonds. The first-order valence-electron chi connectivity index (χ1n) is 10.2. The Balaban J connectivity index is 1.74. The molecule has 6 rings (SSSR count). The Hall–Kier alpha value is -4.31. The second-order valence-electron chi connectivity index (χ2n) is 7.46. The minimum Gasteiger partial charge on any atom is -0.353 e. The zero-order valence-electron chi connectivity index (χ0n) is 16.7. The molecular formula is C27H18N4. The van der Waals surface area contributed by atoms with Gasteiger partial charge in [-0.3, -0.25) is 15.0 Å². The van der Waals surface area contributed by atoms with Gasteiger partial charge in [-0.15, -0.1) is 0 Å². The monoisotopic (exact) mass is 398 g/mol. The van der Waals surface area contributed by atoms with Crippen LogP contribution in [0.3, 0.4) is 0 Å². The van der Waals surface area contributed by atoms with Crippen molar-refractivity contribution in [3.8, 4) is 33.5 Å². The summed E-state index contributed by atoms with van der Waals surface area (Å²) in [6, 6.07) is 24.9. The first-order valence-corrected chi connectivity index (χ1v) is 10.2. The summed E-state index contributed by atoms with van der Waals surface area (Å²) in [6.45, 7) is 0. The smallest absolute Gasteiger partial charge is 0.0955 e. The maximum Gasteiger partial charge on any atom is 0.0955 e. The lowest BCUT2D eigenvalue weighted by Crippen LogP contribution is -1.94. The van der Waals surface area contributed by atoms with E-state index >= 15 is 0 Å². The van der Waals surface area contributed by atoms with Crippen LogP contribution in [0.1, 0.15) is 0 Å². The van der Waals surface area contributed by atoms with Gasteiger partial charge in [-0.2, -0.15) is 0 Å². The molecule has 0 aliphatic rings. The second kappa shape index (κ2) is 7.18. The molecule has 0 saturated heterocycles. The van der Waals surface area contributed by atoms with Crippen molar-refractivity contribution in [1.82, 2.24) is 19.9 Å². The number of benzene rings is 2. The number of hydrogen-bond acceptors (Lipinski definition) is 3. The van der Waals surface area contributed by atoms with Gasteiger partial charge in [-0.25, -0.2) is 0 Å². The number of nitrogens with one attached hydrogen (secondary N) is 1. The normalized spacial score (nSPS) is 11.2. The first kappa shape index (κ1) is 17.5. The van der Waals surface area contributed by atoms with Gasteiger partial charge in [0.1, 0.15) is 0 Å². The lowest BCUT2D eigenvalue weighted by Gasteiger charge is -2.15. The summed E-state index contributed by atoms with van der Waals surface area (Å²) in [5.41, 5.74) is 8.42. The van der Waals surface area contributed by atoms with Gasteiger partial charge in [0.25, 0.3) is 0 Å². The summed E-state index contributed by atoms with van der Waals surface area (Å²) in [7, 11) is 0. The van der Waals surface area contributed by atoms with Crippen LogP contribution >= 0.6 is 0 Å². The highest BCUT2D eigenvalue weighted by atomic mass is 14.8. The standard InChI is InChI=1S/C27H18N4/c1-2-11-24-22(8-1)23-12-15-30-27(26(23)31-24)25-20(18-6-4-13-28-16-18)9-3-10-21(25)19-7-5-14-29-17-19/h1-17,31H. The molecule has 4 heterocycles. The zero-order chi connectivity index (χ0) is 20.6. The minimum atomic E-state index is 0.923. The maximum atomic E-state index is 4.87. The number of rotatable bonds is 3. The molecule has 0 spiro atoms. The number of H-pyrrole nitrogens is 1. The van der Waals surface area contributed by atoms with E-state index in [1.165, 1.54) is 10.8 Å². The Labute approximate surface area is 179 Å². The number of nitrogens with zero attached hydrogens (tertiary/aromatic N) is 3. The van der Waals surface area contributed by atoms with Crippen molar-refractivity contribution in [3.63, 3.8) is 0 Å². The van der Waals surface area contributed by atoms with Crippen molar-refractivity contribution >= 4 is 21.8 Å². The van der Waals surface area contributed by atoms with Gasteiger partial charge in [-0.1, -0.05) is 48.5 Å². The molecule has 0 fully saturated rings. The number of pyridine rings is 3. The molecule has 0 aliphatic carbocycles. The molecule has 4 heteroatoms. The number of hydrogen-bond donors (Lipinski definition) is 1. The van der Waals surface area contributed by atoms with Gasteiger partial charge in [0, 0.05) is 64.0 Å². The number of fused-ring (bicyclic) bond motifs is 3. The van der Waals surface area contributed by atoms with Crippen LogP contribution in [-0.2, 0) is 0 Å². The van der Waals surface area contributed by atoms with Gasteiger partial charge in [0.2, 0.25) is 0 Å².